The largest absolute Gasteiger partial charge is 0.438 e. The average Bonchev–Trinajstić information content (AvgIpc) is 3.04. The van der Waals surface area contributed by atoms with Crippen LogP contribution in [0.3, 0.4) is 0 Å². The van der Waals surface area contributed by atoms with E-state index in [2.05, 4.69) is 25.9 Å². The van der Waals surface area contributed by atoms with Gasteiger partial charge in [0.05, 0.1) is 5.69 Å². The Morgan fingerprint density at radius 2 is 1.62 bits per heavy atom. The molecule has 0 radical (unpaired) electrons. The zero-order chi connectivity index (χ0) is 22.7. The Bertz CT molecular complexity index is 1250. The number of carbonyl (C=O) groups is 1. The van der Waals surface area contributed by atoms with Crippen LogP contribution in [0.4, 0.5) is 16.2 Å². The number of benzene rings is 2. The lowest BCUT2D eigenvalue weighted by atomic mass is 10.2. The minimum Gasteiger partial charge on any atom is -0.438 e. The predicted molar refractivity (Wildman–Crippen MR) is 124 cm³/mol. The van der Waals surface area contributed by atoms with E-state index < -0.39 is 0 Å². The van der Waals surface area contributed by atoms with Crippen molar-refractivity contribution in [2.75, 3.05) is 10.6 Å². The van der Waals surface area contributed by atoms with Gasteiger partial charge in [0.25, 0.3) is 0 Å². The van der Waals surface area contributed by atoms with Crippen LogP contribution in [0.1, 0.15) is 22.5 Å². The number of para-hydroxylation sites is 1. The predicted octanol–water partition coefficient (Wildman–Crippen LogP) is 5.33. The van der Waals surface area contributed by atoms with E-state index in [1.807, 2.05) is 58.0 Å². The Morgan fingerprint density at radius 3 is 2.25 bits per heavy atom. The van der Waals surface area contributed by atoms with Crippen molar-refractivity contribution in [2.45, 2.75) is 27.7 Å². The van der Waals surface area contributed by atoms with Gasteiger partial charge in [0.1, 0.15) is 5.75 Å². The highest BCUT2D eigenvalue weighted by Gasteiger charge is 2.11. The minimum atomic E-state index is -0.311. The molecule has 8 heteroatoms. The van der Waals surface area contributed by atoms with Gasteiger partial charge in [-0.25, -0.2) is 9.48 Å². The molecule has 0 aliphatic heterocycles. The maximum atomic E-state index is 12.2. The van der Waals surface area contributed by atoms with Crippen LogP contribution >= 0.6 is 0 Å². The highest BCUT2D eigenvalue weighted by atomic mass is 16.5. The molecule has 0 bridgehead atoms. The smallest absolute Gasteiger partial charge is 0.323 e. The molecule has 0 aliphatic rings. The van der Waals surface area contributed by atoms with Crippen LogP contribution in [0.15, 0.2) is 60.7 Å². The molecular weight excluding hydrogens is 404 g/mol. The van der Waals surface area contributed by atoms with Gasteiger partial charge in [-0.15, -0.1) is 10.2 Å². The summed E-state index contributed by atoms with van der Waals surface area (Å²) in [6.07, 6.45) is 0. The first kappa shape index (κ1) is 21.0. The normalized spacial score (nSPS) is 10.6. The lowest BCUT2D eigenvalue weighted by Crippen LogP contribution is -2.19. The fraction of sp³-hybridized carbons (Fsp3) is 0.167. The number of urea groups is 1. The number of aromatic nitrogens is 4. The number of ether oxygens (including phenoxy) is 1. The Morgan fingerprint density at radius 1 is 0.875 bits per heavy atom. The summed E-state index contributed by atoms with van der Waals surface area (Å²) in [7, 11) is 0. The van der Waals surface area contributed by atoms with E-state index in [4.69, 9.17) is 4.74 Å². The monoisotopic (exact) mass is 428 g/mol. The summed E-state index contributed by atoms with van der Waals surface area (Å²) >= 11 is 0. The molecule has 8 nitrogen and oxygen atoms in total. The van der Waals surface area contributed by atoms with Gasteiger partial charge in [-0.3, -0.25) is 0 Å². The molecule has 0 spiro atoms. The zero-order valence-electron chi connectivity index (χ0n) is 18.4. The second-order valence-corrected chi connectivity index (χ2v) is 7.46. The number of aryl methyl sites for hydroxylation is 2. The maximum Gasteiger partial charge on any atom is 0.323 e. The van der Waals surface area contributed by atoms with Gasteiger partial charge < -0.3 is 15.4 Å². The molecule has 2 aromatic carbocycles. The SMILES string of the molecule is Cc1ccccc1NC(=O)Nc1ccc(Oc2ccc(-n3nc(C)c(C)c3C)nn2)cc1. The summed E-state index contributed by atoms with van der Waals surface area (Å²) in [4.78, 5) is 12.2. The van der Waals surface area contributed by atoms with Gasteiger partial charge in [0.15, 0.2) is 5.82 Å². The number of rotatable bonds is 5. The number of hydrogen-bond donors (Lipinski definition) is 2. The molecule has 0 saturated heterocycles. The standard InChI is InChI=1S/C24H24N6O2/c1-15-7-5-6-8-21(15)26-24(31)25-19-9-11-20(12-10-19)32-23-14-13-22(27-28-23)30-18(4)16(2)17(3)29-30/h5-14H,1-4H3,(H2,25,26,31). The van der Waals surface area contributed by atoms with Gasteiger partial charge in [-0.1, -0.05) is 18.2 Å². The molecule has 32 heavy (non-hydrogen) atoms. The molecule has 162 valence electrons. The fourth-order valence-corrected chi connectivity index (χ4v) is 3.15. The summed E-state index contributed by atoms with van der Waals surface area (Å²) in [6, 6.07) is 17.9. The third-order valence-electron chi connectivity index (χ3n) is 5.22. The van der Waals surface area contributed by atoms with Crippen molar-refractivity contribution < 1.29 is 9.53 Å². The van der Waals surface area contributed by atoms with Crippen molar-refractivity contribution in [3.63, 3.8) is 0 Å². The second-order valence-electron chi connectivity index (χ2n) is 7.46. The first-order valence-electron chi connectivity index (χ1n) is 10.2. The van der Waals surface area contributed by atoms with Gasteiger partial charge >= 0.3 is 6.03 Å². The van der Waals surface area contributed by atoms with Crippen LogP contribution in [0.2, 0.25) is 0 Å². The van der Waals surface area contributed by atoms with Crippen LogP contribution in [-0.4, -0.2) is 26.0 Å². The molecule has 0 saturated carbocycles. The topological polar surface area (TPSA) is 94.0 Å². The summed E-state index contributed by atoms with van der Waals surface area (Å²) in [5, 5.41) is 18.5. The van der Waals surface area contributed by atoms with Crippen LogP contribution in [-0.2, 0) is 0 Å². The van der Waals surface area contributed by atoms with Crippen molar-refractivity contribution in [2.24, 2.45) is 0 Å². The first-order chi connectivity index (χ1) is 15.4. The Balaban J connectivity index is 1.37. The number of nitrogens with zero attached hydrogens (tertiary/aromatic N) is 4. The van der Waals surface area contributed by atoms with Crippen molar-refractivity contribution >= 4 is 17.4 Å². The molecule has 0 atom stereocenters. The molecule has 0 aliphatic carbocycles. The van der Waals surface area contributed by atoms with Crippen LogP contribution in [0.25, 0.3) is 5.82 Å². The molecule has 4 aromatic rings. The van der Waals surface area contributed by atoms with Gasteiger partial charge in [0.2, 0.25) is 5.88 Å². The lowest BCUT2D eigenvalue weighted by Gasteiger charge is -2.10. The molecule has 0 unspecified atom stereocenters. The summed E-state index contributed by atoms with van der Waals surface area (Å²) in [5.74, 6) is 1.58. The Kier molecular flexibility index (Phi) is 5.85. The van der Waals surface area contributed by atoms with Gasteiger partial charge in [0, 0.05) is 23.1 Å². The molecule has 2 amide bonds. The summed E-state index contributed by atoms with van der Waals surface area (Å²) < 4.78 is 7.54. The highest BCUT2D eigenvalue weighted by Crippen LogP contribution is 2.22. The first-order valence-corrected chi connectivity index (χ1v) is 10.2. The molecule has 0 fully saturated rings. The average molecular weight is 428 g/mol. The number of amides is 2. The van der Waals surface area contributed by atoms with Gasteiger partial charge in [-0.2, -0.15) is 5.10 Å². The van der Waals surface area contributed by atoms with E-state index in [0.717, 1.165) is 28.2 Å². The molecule has 4 rings (SSSR count). The van der Waals surface area contributed by atoms with Crippen LogP contribution < -0.4 is 15.4 Å². The number of carbonyl (C=O) groups excluding carboxylic acids is 1. The third kappa shape index (κ3) is 4.59. The lowest BCUT2D eigenvalue weighted by molar-refractivity contribution is 0.262. The maximum absolute atomic E-state index is 12.2. The van der Waals surface area contributed by atoms with E-state index in [1.165, 1.54) is 0 Å². The van der Waals surface area contributed by atoms with E-state index in [-0.39, 0.29) is 6.03 Å². The highest BCUT2D eigenvalue weighted by molar-refractivity contribution is 6.00. The van der Waals surface area contributed by atoms with Crippen molar-refractivity contribution in [3.05, 3.63) is 83.2 Å². The Hall–Kier alpha value is -4.20. The van der Waals surface area contributed by atoms with E-state index in [1.54, 1.807) is 35.0 Å². The molecule has 2 heterocycles. The number of anilines is 2. The van der Waals surface area contributed by atoms with Crippen molar-refractivity contribution in [1.82, 2.24) is 20.0 Å². The molecular formula is C24H24N6O2. The van der Waals surface area contributed by atoms with E-state index in [9.17, 15) is 4.79 Å². The van der Waals surface area contributed by atoms with Crippen LogP contribution in [0, 0.1) is 27.7 Å². The minimum absolute atomic E-state index is 0.311. The van der Waals surface area contributed by atoms with E-state index in [0.29, 0.717) is 23.1 Å². The molecule has 2 N–H and O–H groups in total. The second kappa shape index (κ2) is 8.89. The quantitative estimate of drug-likeness (QED) is 0.448. The summed E-state index contributed by atoms with van der Waals surface area (Å²) in [5.41, 5.74) is 5.53. The summed E-state index contributed by atoms with van der Waals surface area (Å²) in [6.45, 7) is 7.94. The number of hydrogen-bond acceptors (Lipinski definition) is 5. The third-order valence-corrected chi connectivity index (χ3v) is 5.22. The van der Waals surface area contributed by atoms with Gasteiger partial charge in [-0.05, 0) is 75.2 Å². The van der Waals surface area contributed by atoms with E-state index >= 15 is 0 Å². The Labute approximate surface area is 186 Å². The van der Waals surface area contributed by atoms with Crippen molar-refractivity contribution in [1.29, 1.82) is 0 Å². The van der Waals surface area contributed by atoms with Crippen LogP contribution in [0.5, 0.6) is 11.6 Å². The molecule has 2 aromatic heterocycles. The fourth-order valence-electron chi connectivity index (χ4n) is 3.15. The zero-order valence-corrected chi connectivity index (χ0v) is 18.4. The van der Waals surface area contributed by atoms with Crippen molar-refractivity contribution in [3.8, 4) is 17.4 Å². The number of nitrogens with one attached hydrogen (secondary N) is 2.